The fraction of sp³-hybridized carbons (Fsp3) is 0.562. The van der Waals surface area contributed by atoms with Crippen molar-refractivity contribution in [2.24, 2.45) is 5.92 Å². The number of amides is 1. The second-order valence-electron chi connectivity index (χ2n) is 5.30. The number of nitrogens with one attached hydrogen (secondary N) is 1. The van der Waals surface area contributed by atoms with Crippen LogP contribution in [0.4, 0.5) is 0 Å². The predicted octanol–water partition coefficient (Wildman–Crippen LogP) is 1.31. The van der Waals surface area contributed by atoms with Gasteiger partial charge >= 0.3 is 0 Å². The summed E-state index contributed by atoms with van der Waals surface area (Å²) in [5, 5.41) is 3.33. The molecule has 1 aromatic carbocycles. The molecule has 1 aliphatic rings. The number of carbonyl (C=O) groups excluding carboxylic acids is 1. The van der Waals surface area contributed by atoms with Crippen molar-refractivity contribution in [3.05, 3.63) is 35.9 Å². The Balaban J connectivity index is 1.85. The van der Waals surface area contributed by atoms with Crippen molar-refractivity contribution in [3.8, 4) is 0 Å². The third kappa shape index (κ3) is 3.81. The molecule has 0 spiro atoms. The number of rotatable bonds is 6. The van der Waals surface area contributed by atoms with Gasteiger partial charge in [0.05, 0.1) is 19.1 Å². The highest BCUT2D eigenvalue weighted by Gasteiger charge is 2.34. The number of likely N-dealkylation sites (N-methyl/N-ethyl adjacent to an activating group) is 2. The Morgan fingerprint density at radius 2 is 2.10 bits per heavy atom. The first-order valence-corrected chi connectivity index (χ1v) is 7.32. The van der Waals surface area contributed by atoms with Crippen LogP contribution in [-0.4, -0.2) is 50.2 Å². The van der Waals surface area contributed by atoms with Crippen molar-refractivity contribution in [1.29, 1.82) is 0 Å². The number of hydrogen-bond donors (Lipinski definition) is 1. The van der Waals surface area contributed by atoms with Gasteiger partial charge in [0.2, 0.25) is 5.91 Å². The lowest BCUT2D eigenvalue weighted by Gasteiger charge is -2.24. The molecule has 1 aliphatic heterocycles. The smallest absolute Gasteiger partial charge is 0.229 e. The van der Waals surface area contributed by atoms with E-state index in [-0.39, 0.29) is 17.9 Å². The average Bonchev–Trinajstić information content (AvgIpc) is 2.93. The molecule has 1 aromatic rings. The van der Waals surface area contributed by atoms with E-state index >= 15 is 0 Å². The molecule has 4 nitrogen and oxygen atoms in total. The normalized spacial score (nSPS) is 21.9. The number of benzene rings is 1. The van der Waals surface area contributed by atoms with Crippen LogP contribution < -0.4 is 5.32 Å². The second kappa shape index (κ2) is 7.41. The molecule has 1 N–H and O–H groups in total. The molecule has 2 unspecified atom stereocenters. The maximum absolute atomic E-state index is 12.5. The van der Waals surface area contributed by atoms with Gasteiger partial charge < -0.3 is 15.0 Å². The zero-order chi connectivity index (χ0) is 14.4. The molecular formula is C16H24N2O2. The number of ether oxygens (including phenoxy) is 1. The van der Waals surface area contributed by atoms with E-state index in [0.717, 1.165) is 19.5 Å². The molecule has 1 amide bonds. The van der Waals surface area contributed by atoms with Crippen LogP contribution in [0, 0.1) is 5.92 Å². The number of hydrogen-bond acceptors (Lipinski definition) is 3. The summed E-state index contributed by atoms with van der Waals surface area (Å²) in [5.41, 5.74) is 1.26. The molecule has 110 valence electrons. The van der Waals surface area contributed by atoms with Gasteiger partial charge in [-0.25, -0.2) is 0 Å². The predicted molar refractivity (Wildman–Crippen MR) is 79.6 cm³/mol. The van der Waals surface area contributed by atoms with E-state index in [2.05, 4.69) is 24.4 Å². The zero-order valence-corrected chi connectivity index (χ0v) is 12.3. The van der Waals surface area contributed by atoms with Crippen LogP contribution in [0.15, 0.2) is 30.3 Å². The van der Waals surface area contributed by atoms with Crippen molar-refractivity contribution in [2.75, 3.05) is 33.4 Å². The summed E-state index contributed by atoms with van der Waals surface area (Å²) in [7, 11) is 1.88. The third-order valence-corrected chi connectivity index (χ3v) is 3.82. The highest BCUT2D eigenvalue weighted by molar-refractivity contribution is 5.79. The fourth-order valence-corrected chi connectivity index (χ4v) is 2.60. The van der Waals surface area contributed by atoms with Gasteiger partial charge in [-0.05, 0) is 18.5 Å². The minimum Gasteiger partial charge on any atom is -0.379 e. The van der Waals surface area contributed by atoms with Crippen LogP contribution in [0.2, 0.25) is 0 Å². The van der Waals surface area contributed by atoms with Gasteiger partial charge in [-0.1, -0.05) is 37.3 Å². The molecule has 0 aromatic heterocycles. The van der Waals surface area contributed by atoms with Gasteiger partial charge in [-0.15, -0.1) is 0 Å². The third-order valence-electron chi connectivity index (χ3n) is 3.82. The summed E-state index contributed by atoms with van der Waals surface area (Å²) in [4.78, 5) is 14.3. The fourth-order valence-electron chi connectivity index (χ4n) is 2.60. The van der Waals surface area contributed by atoms with Crippen molar-refractivity contribution < 1.29 is 9.53 Å². The highest BCUT2D eigenvalue weighted by Crippen LogP contribution is 2.16. The minimum absolute atomic E-state index is 0.0456. The van der Waals surface area contributed by atoms with E-state index in [1.54, 1.807) is 0 Å². The molecule has 0 aliphatic carbocycles. The molecular weight excluding hydrogens is 252 g/mol. The van der Waals surface area contributed by atoms with E-state index < -0.39 is 0 Å². The lowest BCUT2D eigenvalue weighted by Crippen LogP contribution is -2.45. The highest BCUT2D eigenvalue weighted by atomic mass is 16.5. The van der Waals surface area contributed by atoms with Gasteiger partial charge in [0.1, 0.15) is 0 Å². The summed E-state index contributed by atoms with van der Waals surface area (Å²) in [6, 6.07) is 10.4. The Morgan fingerprint density at radius 3 is 2.80 bits per heavy atom. The van der Waals surface area contributed by atoms with Gasteiger partial charge in [-0.2, -0.15) is 0 Å². The summed E-state index contributed by atoms with van der Waals surface area (Å²) in [6.45, 7) is 4.84. The lowest BCUT2D eigenvalue weighted by atomic mass is 10.0. The quantitative estimate of drug-likeness (QED) is 0.852. The van der Waals surface area contributed by atoms with Crippen LogP contribution in [0.5, 0.6) is 0 Å². The van der Waals surface area contributed by atoms with Gasteiger partial charge in [0, 0.05) is 19.6 Å². The van der Waals surface area contributed by atoms with E-state index in [0.29, 0.717) is 13.2 Å². The van der Waals surface area contributed by atoms with Crippen molar-refractivity contribution in [3.63, 3.8) is 0 Å². The lowest BCUT2D eigenvalue weighted by molar-refractivity contribution is -0.134. The average molecular weight is 276 g/mol. The van der Waals surface area contributed by atoms with E-state index in [9.17, 15) is 4.79 Å². The Kier molecular flexibility index (Phi) is 5.56. The van der Waals surface area contributed by atoms with Crippen LogP contribution in [0.3, 0.4) is 0 Å². The molecule has 20 heavy (non-hydrogen) atoms. The maximum atomic E-state index is 12.5. The summed E-state index contributed by atoms with van der Waals surface area (Å²) >= 11 is 0. The number of carbonyl (C=O) groups is 1. The van der Waals surface area contributed by atoms with Crippen molar-refractivity contribution in [2.45, 2.75) is 19.4 Å². The first kappa shape index (κ1) is 15.0. The van der Waals surface area contributed by atoms with Crippen molar-refractivity contribution >= 4 is 5.91 Å². The van der Waals surface area contributed by atoms with Crippen LogP contribution in [0.1, 0.15) is 12.5 Å². The first-order valence-electron chi connectivity index (χ1n) is 7.32. The van der Waals surface area contributed by atoms with Crippen LogP contribution in [-0.2, 0) is 16.0 Å². The van der Waals surface area contributed by atoms with E-state index in [1.807, 2.05) is 30.1 Å². The molecule has 2 atom stereocenters. The van der Waals surface area contributed by atoms with Gasteiger partial charge in [0.15, 0.2) is 0 Å². The Morgan fingerprint density at radius 1 is 1.35 bits per heavy atom. The standard InChI is InChI=1S/C16H24N2O2/c1-3-17-15-12-20-11-14(15)16(19)18(2)10-9-13-7-5-4-6-8-13/h4-8,14-15,17H,3,9-12H2,1-2H3. The topological polar surface area (TPSA) is 41.6 Å². The van der Waals surface area contributed by atoms with Crippen LogP contribution in [0.25, 0.3) is 0 Å². The minimum atomic E-state index is -0.0456. The summed E-state index contributed by atoms with van der Waals surface area (Å²) in [5.74, 6) is 0.139. The first-order chi connectivity index (χ1) is 9.72. The molecule has 0 saturated carbocycles. The zero-order valence-electron chi connectivity index (χ0n) is 12.3. The largest absolute Gasteiger partial charge is 0.379 e. The SMILES string of the molecule is CCNC1COCC1C(=O)N(C)CCc1ccccc1. The van der Waals surface area contributed by atoms with Crippen LogP contribution >= 0.6 is 0 Å². The van der Waals surface area contributed by atoms with Gasteiger partial charge in [-0.3, -0.25) is 4.79 Å². The monoisotopic (exact) mass is 276 g/mol. The Hall–Kier alpha value is -1.39. The molecule has 0 bridgehead atoms. The molecule has 0 radical (unpaired) electrons. The summed E-state index contributed by atoms with van der Waals surface area (Å²) < 4.78 is 5.45. The summed E-state index contributed by atoms with van der Waals surface area (Å²) in [6.07, 6.45) is 0.891. The molecule has 4 heteroatoms. The molecule has 1 saturated heterocycles. The van der Waals surface area contributed by atoms with E-state index in [1.165, 1.54) is 5.56 Å². The molecule has 1 heterocycles. The molecule has 2 rings (SSSR count). The Labute approximate surface area is 121 Å². The van der Waals surface area contributed by atoms with Crippen molar-refractivity contribution in [1.82, 2.24) is 10.2 Å². The Bertz CT molecular complexity index is 422. The number of nitrogens with zero attached hydrogens (tertiary/aromatic N) is 1. The van der Waals surface area contributed by atoms with Gasteiger partial charge in [0.25, 0.3) is 0 Å². The maximum Gasteiger partial charge on any atom is 0.229 e. The molecule has 1 fully saturated rings. The second-order valence-corrected chi connectivity index (χ2v) is 5.30. The van der Waals surface area contributed by atoms with E-state index in [4.69, 9.17) is 4.74 Å².